The van der Waals surface area contributed by atoms with E-state index >= 15 is 0 Å². The van der Waals surface area contributed by atoms with Crippen molar-refractivity contribution in [3.05, 3.63) is 67.2 Å². The van der Waals surface area contributed by atoms with Gasteiger partial charge in [0.25, 0.3) is 0 Å². The Bertz CT molecular complexity index is 628. The molecule has 1 atom stereocenters. The Balaban J connectivity index is 2.54. The van der Waals surface area contributed by atoms with Gasteiger partial charge >= 0.3 is 6.18 Å². The highest BCUT2D eigenvalue weighted by molar-refractivity contribution is 14.1. The van der Waals surface area contributed by atoms with E-state index in [-0.39, 0.29) is 5.56 Å². The number of hydrogen-bond donors (Lipinski definition) is 1. The highest BCUT2D eigenvalue weighted by Crippen LogP contribution is 2.37. The van der Waals surface area contributed by atoms with Crippen LogP contribution in [0.1, 0.15) is 22.8 Å². The lowest BCUT2D eigenvalue weighted by Gasteiger charge is -2.19. The number of aliphatic hydroxyl groups excluding tert-OH is 1. The number of rotatable bonds is 2. The second kappa shape index (κ2) is 6.03. The summed E-state index contributed by atoms with van der Waals surface area (Å²) in [5, 5.41) is 10.3. The van der Waals surface area contributed by atoms with E-state index in [1.54, 1.807) is 18.2 Å². The summed E-state index contributed by atoms with van der Waals surface area (Å²) >= 11 is 5.25. The van der Waals surface area contributed by atoms with Crippen molar-refractivity contribution in [2.75, 3.05) is 0 Å². The van der Waals surface area contributed by atoms with Crippen molar-refractivity contribution in [2.45, 2.75) is 12.3 Å². The summed E-state index contributed by atoms with van der Waals surface area (Å²) in [5.41, 5.74) is -0.518. The maximum atomic E-state index is 13.0. The van der Waals surface area contributed by atoms with Gasteiger partial charge in [-0.15, -0.1) is 0 Å². The van der Waals surface area contributed by atoms with Gasteiger partial charge in [0.15, 0.2) is 0 Å². The molecule has 20 heavy (non-hydrogen) atoms. The molecule has 0 aliphatic carbocycles. The first-order valence-electron chi connectivity index (χ1n) is 5.60. The van der Waals surface area contributed by atoms with Crippen molar-refractivity contribution in [1.82, 2.24) is 0 Å². The van der Waals surface area contributed by atoms with Crippen molar-refractivity contribution >= 4 is 38.5 Å². The summed E-state index contributed by atoms with van der Waals surface area (Å²) < 4.78 is 40.4. The summed E-state index contributed by atoms with van der Waals surface area (Å²) in [6.07, 6.45) is -5.81. The van der Waals surface area contributed by atoms with E-state index in [0.717, 1.165) is 6.07 Å². The molecule has 0 aromatic heterocycles. The Kier molecular flexibility index (Phi) is 4.76. The first-order valence-corrected chi connectivity index (χ1v) is 7.47. The maximum absolute atomic E-state index is 13.0. The van der Waals surface area contributed by atoms with Gasteiger partial charge in [-0.05, 0) is 58.0 Å². The normalized spacial score (nSPS) is 13.3. The highest BCUT2D eigenvalue weighted by atomic mass is 127. The first kappa shape index (κ1) is 15.8. The SMILES string of the molecule is OC(c1cc(Br)ccc1I)c1ccccc1C(F)(F)F. The van der Waals surface area contributed by atoms with Crippen LogP contribution in [0.5, 0.6) is 0 Å². The van der Waals surface area contributed by atoms with Gasteiger partial charge in [0.05, 0.1) is 5.56 Å². The van der Waals surface area contributed by atoms with Gasteiger partial charge in [-0.2, -0.15) is 13.2 Å². The van der Waals surface area contributed by atoms with Gasteiger partial charge < -0.3 is 5.11 Å². The van der Waals surface area contributed by atoms with Crippen LogP contribution in [-0.4, -0.2) is 5.11 Å². The van der Waals surface area contributed by atoms with E-state index in [0.29, 0.717) is 13.6 Å². The van der Waals surface area contributed by atoms with Crippen molar-refractivity contribution < 1.29 is 18.3 Å². The van der Waals surface area contributed by atoms with Gasteiger partial charge in [0, 0.05) is 8.04 Å². The smallest absolute Gasteiger partial charge is 0.384 e. The molecule has 1 N–H and O–H groups in total. The van der Waals surface area contributed by atoms with Crippen molar-refractivity contribution in [3.63, 3.8) is 0 Å². The van der Waals surface area contributed by atoms with Gasteiger partial charge in [0.2, 0.25) is 0 Å². The molecule has 0 aliphatic heterocycles. The van der Waals surface area contributed by atoms with E-state index in [2.05, 4.69) is 15.9 Å². The average molecular weight is 457 g/mol. The quantitative estimate of drug-likeness (QED) is 0.619. The third kappa shape index (κ3) is 3.35. The number of aliphatic hydroxyl groups is 1. The molecule has 0 saturated heterocycles. The number of alkyl halides is 3. The summed E-state index contributed by atoms with van der Waals surface area (Å²) in [7, 11) is 0. The fourth-order valence-electron chi connectivity index (χ4n) is 1.89. The molecule has 2 aromatic rings. The van der Waals surface area contributed by atoms with Crippen molar-refractivity contribution in [2.24, 2.45) is 0 Å². The van der Waals surface area contributed by atoms with Gasteiger partial charge in [-0.25, -0.2) is 0 Å². The number of hydrogen-bond acceptors (Lipinski definition) is 1. The van der Waals surface area contributed by atoms with Crippen LogP contribution >= 0.6 is 38.5 Å². The van der Waals surface area contributed by atoms with E-state index in [1.807, 2.05) is 22.6 Å². The van der Waals surface area contributed by atoms with Crippen LogP contribution in [0.4, 0.5) is 13.2 Å². The lowest BCUT2D eigenvalue weighted by Crippen LogP contribution is -2.13. The monoisotopic (exact) mass is 456 g/mol. The van der Waals surface area contributed by atoms with E-state index in [1.165, 1.54) is 18.2 Å². The topological polar surface area (TPSA) is 20.2 Å². The first-order chi connectivity index (χ1) is 9.30. The van der Waals surface area contributed by atoms with E-state index < -0.39 is 17.8 Å². The van der Waals surface area contributed by atoms with Crippen LogP contribution in [-0.2, 0) is 6.18 Å². The lowest BCUT2D eigenvalue weighted by atomic mass is 9.96. The zero-order valence-corrected chi connectivity index (χ0v) is 13.7. The van der Waals surface area contributed by atoms with Gasteiger partial charge in [-0.3, -0.25) is 0 Å². The molecular formula is C14H9BrF3IO. The Labute approximate surface area is 136 Å². The minimum Gasteiger partial charge on any atom is -0.384 e. The van der Waals surface area contributed by atoms with Crippen molar-refractivity contribution in [3.8, 4) is 0 Å². The second-order valence-electron chi connectivity index (χ2n) is 4.15. The molecule has 2 rings (SSSR count). The molecule has 0 bridgehead atoms. The molecule has 0 spiro atoms. The summed E-state index contributed by atoms with van der Waals surface area (Å²) in [4.78, 5) is 0. The minimum absolute atomic E-state index is 0.143. The van der Waals surface area contributed by atoms with E-state index in [4.69, 9.17) is 0 Å². The van der Waals surface area contributed by atoms with Crippen LogP contribution < -0.4 is 0 Å². The molecule has 6 heteroatoms. The Morgan fingerprint density at radius 1 is 1.05 bits per heavy atom. The third-order valence-corrected chi connectivity index (χ3v) is 4.29. The predicted octanol–water partition coefficient (Wildman–Crippen LogP) is 5.15. The summed E-state index contributed by atoms with van der Waals surface area (Å²) in [6, 6.07) is 10.2. The molecule has 0 aliphatic rings. The Morgan fingerprint density at radius 3 is 2.35 bits per heavy atom. The molecule has 0 fully saturated rings. The summed E-state index contributed by atoms with van der Waals surface area (Å²) in [5.74, 6) is 0. The van der Waals surface area contributed by atoms with Crippen LogP contribution in [0.25, 0.3) is 0 Å². The fraction of sp³-hybridized carbons (Fsp3) is 0.143. The van der Waals surface area contributed by atoms with Crippen LogP contribution in [0.2, 0.25) is 0 Å². The molecule has 0 radical (unpaired) electrons. The Hall–Kier alpha value is -0.600. The van der Waals surface area contributed by atoms with Crippen LogP contribution in [0, 0.1) is 3.57 Å². The van der Waals surface area contributed by atoms with Gasteiger partial charge in [-0.1, -0.05) is 34.1 Å². The van der Waals surface area contributed by atoms with Crippen LogP contribution in [0.15, 0.2) is 46.9 Å². The standard InChI is InChI=1S/C14H9BrF3IO/c15-8-5-6-12(19)10(7-8)13(20)9-3-1-2-4-11(9)14(16,17)18/h1-7,13,20H. The van der Waals surface area contributed by atoms with Crippen LogP contribution in [0.3, 0.4) is 0 Å². The van der Waals surface area contributed by atoms with E-state index in [9.17, 15) is 18.3 Å². The number of benzene rings is 2. The largest absolute Gasteiger partial charge is 0.416 e. The molecule has 1 nitrogen and oxygen atoms in total. The van der Waals surface area contributed by atoms with Gasteiger partial charge in [0.1, 0.15) is 6.10 Å². The molecule has 0 amide bonds. The molecule has 2 aromatic carbocycles. The maximum Gasteiger partial charge on any atom is 0.416 e. The molecular weight excluding hydrogens is 448 g/mol. The predicted molar refractivity (Wildman–Crippen MR) is 82.4 cm³/mol. The van der Waals surface area contributed by atoms with Crippen molar-refractivity contribution in [1.29, 1.82) is 0 Å². The number of halogens is 5. The fourth-order valence-corrected chi connectivity index (χ4v) is 2.89. The molecule has 106 valence electrons. The average Bonchev–Trinajstić information content (AvgIpc) is 2.40. The minimum atomic E-state index is -4.49. The molecule has 0 heterocycles. The Morgan fingerprint density at radius 2 is 1.70 bits per heavy atom. The molecule has 1 unspecified atom stereocenters. The highest BCUT2D eigenvalue weighted by Gasteiger charge is 2.35. The zero-order valence-electron chi connectivity index (χ0n) is 9.96. The zero-order chi connectivity index (χ0) is 14.9. The summed E-state index contributed by atoms with van der Waals surface area (Å²) in [6.45, 7) is 0. The lowest BCUT2D eigenvalue weighted by molar-refractivity contribution is -0.139. The molecule has 0 saturated carbocycles. The third-order valence-electron chi connectivity index (χ3n) is 2.81. The second-order valence-corrected chi connectivity index (χ2v) is 6.23.